The van der Waals surface area contributed by atoms with Crippen LogP contribution < -0.4 is 9.47 Å². The van der Waals surface area contributed by atoms with Gasteiger partial charge in [-0.2, -0.15) is 4.73 Å². The van der Waals surface area contributed by atoms with Gasteiger partial charge in [0.1, 0.15) is 11.3 Å². The lowest BCUT2D eigenvalue weighted by atomic mass is 9.89. The molecule has 6 heteroatoms. The topological polar surface area (TPSA) is 73.5 Å². The van der Waals surface area contributed by atoms with Crippen LogP contribution in [0.2, 0.25) is 0 Å². The standard InChI is InChI=1S/C23H22N2O4/c1-29-21-9-8-16-12-18(7-6-17(16)13-21)22(26)19-4-2-10-24(14-19)23(27)20-5-3-11-25(28)15-20/h3,5-9,11-13,15,19H,2,4,10,14H2,1H3/t19-/m1/s1. The van der Waals surface area contributed by atoms with E-state index in [9.17, 15) is 14.8 Å². The van der Waals surface area contributed by atoms with E-state index in [-0.39, 0.29) is 17.6 Å². The highest BCUT2D eigenvalue weighted by molar-refractivity contribution is 6.02. The zero-order valence-electron chi connectivity index (χ0n) is 16.2. The Balaban J connectivity index is 1.52. The Morgan fingerprint density at radius 3 is 2.69 bits per heavy atom. The van der Waals surface area contributed by atoms with Crippen LogP contribution >= 0.6 is 0 Å². The fraction of sp³-hybridized carbons (Fsp3) is 0.261. The van der Waals surface area contributed by atoms with E-state index in [4.69, 9.17) is 4.74 Å². The van der Waals surface area contributed by atoms with Gasteiger partial charge in [0, 0.05) is 30.6 Å². The van der Waals surface area contributed by atoms with Crippen LogP contribution in [0.25, 0.3) is 10.8 Å². The van der Waals surface area contributed by atoms with E-state index in [1.165, 1.54) is 12.4 Å². The van der Waals surface area contributed by atoms with Crippen LogP contribution in [0.15, 0.2) is 60.9 Å². The molecule has 29 heavy (non-hydrogen) atoms. The molecule has 1 aliphatic heterocycles. The molecule has 1 fully saturated rings. The average molecular weight is 390 g/mol. The van der Waals surface area contributed by atoms with Crippen LogP contribution in [0.5, 0.6) is 5.75 Å². The van der Waals surface area contributed by atoms with Gasteiger partial charge in [-0.15, -0.1) is 0 Å². The summed E-state index contributed by atoms with van der Waals surface area (Å²) < 4.78 is 5.86. The van der Waals surface area contributed by atoms with Gasteiger partial charge in [-0.05, 0) is 47.9 Å². The average Bonchev–Trinajstić information content (AvgIpc) is 2.77. The molecule has 0 radical (unpaired) electrons. The zero-order valence-corrected chi connectivity index (χ0v) is 16.2. The molecule has 2 aromatic carbocycles. The van der Waals surface area contributed by atoms with E-state index in [0.717, 1.165) is 29.4 Å². The normalized spacial score (nSPS) is 16.6. The number of aromatic nitrogens is 1. The van der Waals surface area contributed by atoms with Crippen molar-refractivity contribution in [3.05, 3.63) is 77.3 Å². The second kappa shape index (κ2) is 7.91. The molecule has 0 bridgehead atoms. The first kappa shape index (κ1) is 18.9. The van der Waals surface area contributed by atoms with E-state index in [0.29, 0.717) is 28.9 Å². The second-order valence-corrected chi connectivity index (χ2v) is 7.33. The fourth-order valence-electron chi connectivity index (χ4n) is 3.88. The molecule has 1 atom stereocenters. The molecule has 0 unspecified atom stereocenters. The number of Topliss-reactive ketones (excluding diaryl/α,β-unsaturated/α-hetero) is 1. The van der Waals surface area contributed by atoms with E-state index in [2.05, 4.69) is 0 Å². The predicted molar refractivity (Wildman–Crippen MR) is 109 cm³/mol. The van der Waals surface area contributed by atoms with Gasteiger partial charge in [-0.3, -0.25) is 9.59 Å². The number of fused-ring (bicyclic) bond motifs is 1. The monoisotopic (exact) mass is 390 g/mol. The number of piperidine rings is 1. The zero-order chi connectivity index (χ0) is 20.4. The van der Waals surface area contributed by atoms with Crippen molar-refractivity contribution in [2.24, 2.45) is 5.92 Å². The second-order valence-electron chi connectivity index (χ2n) is 7.33. The van der Waals surface area contributed by atoms with Crippen LogP contribution in [-0.4, -0.2) is 36.8 Å². The summed E-state index contributed by atoms with van der Waals surface area (Å²) in [5, 5.41) is 13.5. The van der Waals surface area contributed by atoms with Crippen molar-refractivity contribution in [2.75, 3.05) is 20.2 Å². The minimum Gasteiger partial charge on any atom is -0.619 e. The molecule has 3 aromatic rings. The maximum atomic E-state index is 13.1. The summed E-state index contributed by atoms with van der Waals surface area (Å²) in [4.78, 5) is 27.5. The van der Waals surface area contributed by atoms with Crippen LogP contribution in [0.4, 0.5) is 0 Å². The lowest BCUT2D eigenvalue weighted by Gasteiger charge is -2.32. The van der Waals surface area contributed by atoms with Crippen LogP contribution in [-0.2, 0) is 0 Å². The minimum atomic E-state index is -0.244. The Morgan fingerprint density at radius 1 is 1.10 bits per heavy atom. The predicted octanol–water partition coefficient (Wildman–Crippen LogP) is 3.22. The number of rotatable bonds is 4. The summed E-state index contributed by atoms with van der Waals surface area (Å²) in [5.41, 5.74) is 0.995. The van der Waals surface area contributed by atoms with Gasteiger partial charge in [-0.25, -0.2) is 0 Å². The van der Waals surface area contributed by atoms with Gasteiger partial charge in [0.15, 0.2) is 18.2 Å². The number of carbonyl (C=O) groups is 2. The molecule has 4 rings (SSSR count). The molecule has 148 valence electrons. The minimum absolute atomic E-state index is 0.0483. The van der Waals surface area contributed by atoms with Crippen LogP contribution in [0.1, 0.15) is 33.6 Å². The third-order valence-corrected chi connectivity index (χ3v) is 5.43. The molecule has 1 saturated heterocycles. The van der Waals surface area contributed by atoms with Crippen molar-refractivity contribution in [2.45, 2.75) is 12.8 Å². The molecule has 2 heterocycles. The first-order valence-corrected chi connectivity index (χ1v) is 9.65. The lowest BCUT2D eigenvalue weighted by molar-refractivity contribution is -0.605. The SMILES string of the molecule is COc1ccc2cc(C(=O)[C@@H]3CCCN(C(=O)c4ccc[n+]([O-])c4)C3)ccc2c1. The number of pyridine rings is 1. The van der Waals surface area contributed by atoms with E-state index in [1.807, 2.05) is 36.4 Å². The van der Waals surface area contributed by atoms with Crippen molar-refractivity contribution in [3.63, 3.8) is 0 Å². The molecule has 0 N–H and O–H groups in total. The summed E-state index contributed by atoms with van der Waals surface area (Å²) >= 11 is 0. The Bertz CT molecular complexity index is 1080. The highest BCUT2D eigenvalue weighted by atomic mass is 16.5. The van der Waals surface area contributed by atoms with Crippen molar-refractivity contribution in [3.8, 4) is 5.75 Å². The number of nitrogens with zero attached hydrogens (tertiary/aromatic N) is 2. The van der Waals surface area contributed by atoms with Gasteiger partial charge >= 0.3 is 0 Å². The largest absolute Gasteiger partial charge is 0.619 e. The third-order valence-electron chi connectivity index (χ3n) is 5.43. The fourth-order valence-corrected chi connectivity index (χ4v) is 3.88. The molecule has 1 amide bonds. The molecule has 1 aromatic heterocycles. The van der Waals surface area contributed by atoms with Crippen molar-refractivity contribution >= 4 is 22.5 Å². The summed E-state index contributed by atoms with van der Waals surface area (Å²) in [7, 11) is 1.63. The number of benzene rings is 2. The Labute approximate surface area is 168 Å². The van der Waals surface area contributed by atoms with Crippen LogP contribution in [0, 0.1) is 11.1 Å². The molecular formula is C23H22N2O4. The van der Waals surface area contributed by atoms with E-state index in [1.54, 1.807) is 24.1 Å². The van der Waals surface area contributed by atoms with Crippen LogP contribution in [0.3, 0.4) is 0 Å². The number of amides is 1. The Morgan fingerprint density at radius 2 is 1.90 bits per heavy atom. The molecule has 0 saturated carbocycles. The maximum Gasteiger partial charge on any atom is 0.259 e. The summed E-state index contributed by atoms with van der Waals surface area (Å²) in [6.45, 7) is 0.958. The summed E-state index contributed by atoms with van der Waals surface area (Å²) in [6.07, 6.45) is 4.12. The van der Waals surface area contributed by atoms with Crippen molar-refractivity contribution in [1.29, 1.82) is 0 Å². The highest BCUT2D eigenvalue weighted by Gasteiger charge is 2.30. The first-order chi connectivity index (χ1) is 14.0. The molecule has 6 nitrogen and oxygen atoms in total. The van der Waals surface area contributed by atoms with E-state index >= 15 is 0 Å². The number of ketones is 1. The summed E-state index contributed by atoms with van der Waals surface area (Å²) in [5.74, 6) is 0.371. The van der Waals surface area contributed by atoms with Crippen molar-refractivity contribution in [1.82, 2.24) is 4.90 Å². The lowest BCUT2D eigenvalue weighted by Crippen LogP contribution is -2.43. The Hall–Kier alpha value is -3.41. The quantitative estimate of drug-likeness (QED) is 0.390. The molecule has 0 aliphatic carbocycles. The highest BCUT2D eigenvalue weighted by Crippen LogP contribution is 2.26. The van der Waals surface area contributed by atoms with E-state index < -0.39 is 0 Å². The van der Waals surface area contributed by atoms with Gasteiger partial charge in [0.2, 0.25) is 0 Å². The van der Waals surface area contributed by atoms with Gasteiger partial charge in [-0.1, -0.05) is 18.2 Å². The first-order valence-electron chi connectivity index (χ1n) is 9.65. The van der Waals surface area contributed by atoms with Gasteiger partial charge in [0.25, 0.3) is 5.91 Å². The number of carbonyl (C=O) groups excluding carboxylic acids is 2. The number of hydrogen-bond acceptors (Lipinski definition) is 4. The summed E-state index contributed by atoms with van der Waals surface area (Å²) in [6, 6.07) is 14.6. The molecule has 1 aliphatic rings. The van der Waals surface area contributed by atoms with Crippen molar-refractivity contribution < 1.29 is 19.1 Å². The van der Waals surface area contributed by atoms with Gasteiger partial charge in [0.05, 0.1) is 7.11 Å². The number of likely N-dealkylation sites (tertiary alicyclic amines) is 1. The number of hydrogen-bond donors (Lipinski definition) is 0. The number of methoxy groups -OCH3 is 1. The van der Waals surface area contributed by atoms with Gasteiger partial charge < -0.3 is 14.8 Å². The number of ether oxygens (including phenoxy) is 1. The third kappa shape index (κ3) is 3.92. The maximum absolute atomic E-state index is 13.1. The smallest absolute Gasteiger partial charge is 0.259 e. The molecular weight excluding hydrogens is 368 g/mol. The Kier molecular flexibility index (Phi) is 5.16. The molecule has 0 spiro atoms.